The maximum absolute atomic E-state index is 5.40. The van der Waals surface area contributed by atoms with E-state index in [1.54, 1.807) is 0 Å². The van der Waals surface area contributed by atoms with Crippen LogP contribution in [0, 0.1) is 0 Å². The Labute approximate surface area is 100 Å². The second kappa shape index (κ2) is 4.81. The van der Waals surface area contributed by atoms with Crippen molar-refractivity contribution in [2.24, 2.45) is 0 Å². The van der Waals surface area contributed by atoms with Crippen molar-refractivity contribution in [3.63, 3.8) is 0 Å². The molecule has 3 nitrogen and oxygen atoms in total. The zero-order valence-electron chi connectivity index (χ0n) is 8.11. The van der Waals surface area contributed by atoms with Gasteiger partial charge >= 0.3 is 0 Å². The Kier molecular flexibility index (Phi) is 3.43. The van der Waals surface area contributed by atoms with Gasteiger partial charge in [0.1, 0.15) is 0 Å². The fourth-order valence-corrected chi connectivity index (χ4v) is 1.96. The van der Waals surface area contributed by atoms with Crippen molar-refractivity contribution in [3.05, 3.63) is 40.2 Å². The van der Waals surface area contributed by atoms with E-state index in [4.69, 9.17) is 4.42 Å². The zero-order chi connectivity index (χ0) is 10.7. The second-order valence-electron chi connectivity index (χ2n) is 2.97. The molecule has 0 atom stereocenters. The third kappa shape index (κ3) is 2.82. The van der Waals surface area contributed by atoms with E-state index in [0.717, 1.165) is 10.0 Å². The number of halogens is 1. The molecule has 0 saturated heterocycles. The molecule has 15 heavy (non-hydrogen) atoms. The summed E-state index contributed by atoms with van der Waals surface area (Å²) in [4.78, 5) is 0. The number of thioether (sulfide) groups is 1. The molecular weight excluding hydrogens is 276 g/mol. The predicted molar refractivity (Wildman–Crippen MR) is 63.0 cm³/mol. The van der Waals surface area contributed by atoms with Crippen molar-refractivity contribution in [1.29, 1.82) is 0 Å². The van der Waals surface area contributed by atoms with Crippen LogP contribution in [0.25, 0.3) is 0 Å². The summed E-state index contributed by atoms with van der Waals surface area (Å²) < 4.78 is 6.46. The van der Waals surface area contributed by atoms with Crippen LogP contribution in [0.5, 0.6) is 0 Å². The Hall–Kier alpha value is -0.810. The molecule has 0 bridgehead atoms. The summed E-state index contributed by atoms with van der Waals surface area (Å²) in [6.45, 7) is 0. The highest BCUT2D eigenvalue weighted by Crippen LogP contribution is 2.17. The molecule has 5 heteroatoms. The average Bonchev–Trinajstić information content (AvgIpc) is 2.65. The summed E-state index contributed by atoms with van der Waals surface area (Å²) in [6, 6.07) is 8.06. The monoisotopic (exact) mass is 284 g/mol. The van der Waals surface area contributed by atoms with Gasteiger partial charge in [-0.25, -0.2) is 0 Å². The SMILES string of the molecule is CSc1nnc(Cc2cccc(Br)c2)o1. The van der Waals surface area contributed by atoms with Crippen molar-refractivity contribution in [1.82, 2.24) is 10.2 Å². The highest BCUT2D eigenvalue weighted by Gasteiger charge is 2.05. The molecule has 0 amide bonds. The third-order valence-electron chi connectivity index (χ3n) is 1.87. The van der Waals surface area contributed by atoms with E-state index in [-0.39, 0.29) is 0 Å². The normalized spacial score (nSPS) is 10.5. The summed E-state index contributed by atoms with van der Waals surface area (Å²) in [7, 11) is 0. The van der Waals surface area contributed by atoms with E-state index in [9.17, 15) is 0 Å². The van der Waals surface area contributed by atoms with Crippen LogP contribution in [-0.4, -0.2) is 16.5 Å². The molecule has 78 valence electrons. The largest absolute Gasteiger partial charge is 0.416 e. The van der Waals surface area contributed by atoms with Crippen LogP contribution < -0.4 is 0 Å². The molecule has 2 aromatic rings. The van der Waals surface area contributed by atoms with Gasteiger partial charge in [-0.3, -0.25) is 0 Å². The number of nitrogens with zero attached hydrogens (tertiary/aromatic N) is 2. The molecule has 0 radical (unpaired) electrons. The van der Waals surface area contributed by atoms with Crippen molar-refractivity contribution >= 4 is 27.7 Å². The van der Waals surface area contributed by atoms with Crippen molar-refractivity contribution in [2.45, 2.75) is 11.6 Å². The summed E-state index contributed by atoms with van der Waals surface area (Å²) in [5.74, 6) is 0.650. The number of aromatic nitrogens is 2. The van der Waals surface area contributed by atoms with E-state index in [2.05, 4.69) is 26.1 Å². The highest BCUT2D eigenvalue weighted by molar-refractivity contribution is 9.10. The first kappa shape index (κ1) is 10.7. The lowest BCUT2D eigenvalue weighted by Gasteiger charge is -1.96. The van der Waals surface area contributed by atoms with Gasteiger partial charge in [0.15, 0.2) is 0 Å². The van der Waals surface area contributed by atoms with Crippen LogP contribution in [0.2, 0.25) is 0 Å². The Bertz CT molecular complexity index is 458. The smallest absolute Gasteiger partial charge is 0.276 e. The maximum Gasteiger partial charge on any atom is 0.276 e. The van der Waals surface area contributed by atoms with E-state index in [1.807, 2.05) is 30.5 Å². The van der Waals surface area contributed by atoms with E-state index in [0.29, 0.717) is 17.5 Å². The molecule has 0 spiro atoms. The van der Waals surface area contributed by atoms with E-state index in [1.165, 1.54) is 11.8 Å². The Morgan fingerprint density at radius 1 is 1.40 bits per heavy atom. The summed E-state index contributed by atoms with van der Waals surface area (Å²) >= 11 is 4.88. The van der Waals surface area contributed by atoms with Gasteiger partial charge in [-0.2, -0.15) is 0 Å². The van der Waals surface area contributed by atoms with Crippen LogP contribution in [0.15, 0.2) is 38.4 Å². The Morgan fingerprint density at radius 3 is 2.93 bits per heavy atom. The van der Waals surface area contributed by atoms with Crippen molar-refractivity contribution < 1.29 is 4.42 Å². The van der Waals surface area contributed by atoms with Gasteiger partial charge in [-0.15, -0.1) is 10.2 Å². The molecule has 2 rings (SSSR count). The minimum absolute atomic E-state index is 0.611. The third-order valence-corrected chi connectivity index (χ3v) is 2.87. The average molecular weight is 285 g/mol. The molecule has 0 fully saturated rings. The molecule has 1 aromatic carbocycles. The number of hydrogen-bond donors (Lipinski definition) is 0. The van der Waals surface area contributed by atoms with Crippen LogP contribution in [0.3, 0.4) is 0 Å². The minimum Gasteiger partial charge on any atom is -0.416 e. The van der Waals surface area contributed by atoms with Gasteiger partial charge in [-0.05, 0) is 24.0 Å². The molecule has 0 N–H and O–H groups in total. The topological polar surface area (TPSA) is 38.9 Å². The number of hydrogen-bond acceptors (Lipinski definition) is 4. The summed E-state index contributed by atoms with van der Waals surface area (Å²) in [6.07, 6.45) is 2.59. The molecule has 0 saturated carbocycles. The zero-order valence-corrected chi connectivity index (χ0v) is 10.5. The van der Waals surface area contributed by atoms with Gasteiger partial charge in [0, 0.05) is 4.47 Å². The molecule has 0 unspecified atom stereocenters. The molecule has 1 aromatic heterocycles. The maximum atomic E-state index is 5.40. The van der Waals surface area contributed by atoms with E-state index >= 15 is 0 Å². The van der Waals surface area contributed by atoms with Gasteiger partial charge in [-0.1, -0.05) is 39.8 Å². The second-order valence-corrected chi connectivity index (χ2v) is 4.65. The number of benzene rings is 1. The van der Waals surface area contributed by atoms with Crippen LogP contribution in [0.4, 0.5) is 0 Å². The lowest BCUT2D eigenvalue weighted by Crippen LogP contribution is -1.87. The number of rotatable bonds is 3. The first-order chi connectivity index (χ1) is 7.28. The standard InChI is InChI=1S/C10H9BrN2OS/c1-15-10-13-12-9(14-10)6-7-3-2-4-8(11)5-7/h2-5H,6H2,1H3. The molecule has 0 aliphatic heterocycles. The van der Waals surface area contributed by atoms with E-state index < -0.39 is 0 Å². The lowest BCUT2D eigenvalue weighted by molar-refractivity contribution is 0.421. The first-order valence-electron chi connectivity index (χ1n) is 4.39. The molecule has 0 aliphatic rings. The Balaban J connectivity index is 2.14. The van der Waals surface area contributed by atoms with Crippen molar-refractivity contribution in [3.8, 4) is 0 Å². The predicted octanol–water partition coefficient (Wildman–Crippen LogP) is 3.14. The van der Waals surface area contributed by atoms with Gasteiger partial charge in [0.2, 0.25) is 5.89 Å². The highest BCUT2D eigenvalue weighted by atomic mass is 79.9. The quantitative estimate of drug-likeness (QED) is 0.812. The molecular formula is C10H9BrN2OS. The lowest BCUT2D eigenvalue weighted by atomic mass is 10.1. The van der Waals surface area contributed by atoms with Crippen LogP contribution in [-0.2, 0) is 6.42 Å². The van der Waals surface area contributed by atoms with Crippen LogP contribution in [0.1, 0.15) is 11.5 Å². The van der Waals surface area contributed by atoms with Crippen molar-refractivity contribution in [2.75, 3.05) is 6.26 Å². The fraction of sp³-hybridized carbons (Fsp3) is 0.200. The van der Waals surface area contributed by atoms with Gasteiger partial charge < -0.3 is 4.42 Å². The van der Waals surface area contributed by atoms with Gasteiger partial charge in [0.25, 0.3) is 5.22 Å². The van der Waals surface area contributed by atoms with Crippen LogP contribution >= 0.6 is 27.7 Å². The first-order valence-corrected chi connectivity index (χ1v) is 6.40. The van der Waals surface area contributed by atoms with Gasteiger partial charge in [0.05, 0.1) is 6.42 Å². The Morgan fingerprint density at radius 2 is 2.27 bits per heavy atom. The summed E-state index contributed by atoms with van der Waals surface area (Å²) in [5, 5.41) is 8.46. The fourth-order valence-electron chi connectivity index (χ4n) is 1.21. The molecule has 0 aliphatic carbocycles. The summed E-state index contributed by atoms with van der Waals surface area (Å²) in [5.41, 5.74) is 1.15. The molecule has 1 heterocycles. The minimum atomic E-state index is 0.611.